The van der Waals surface area contributed by atoms with Crippen LogP contribution in [0.25, 0.3) is 0 Å². The molecule has 2 aromatic carbocycles. The van der Waals surface area contributed by atoms with Gasteiger partial charge in [0.25, 0.3) is 0 Å². The number of nitrogens with zero attached hydrogens (tertiary/aromatic N) is 3. The van der Waals surface area contributed by atoms with E-state index in [1.165, 1.54) is 11.1 Å². The highest BCUT2D eigenvalue weighted by Crippen LogP contribution is 2.30. The zero-order valence-corrected chi connectivity index (χ0v) is 13.9. The molecule has 0 bridgehead atoms. The van der Waals surface area contributed by atoms with Gasteiger partial charge in [-0.25, -0.2) is 18.6 Å². The van der Waals surface area contributed by atoms with Gasteiger partial charge in [-0.2, -0.15) is 5.10 Å². The Balaban J connectivity index is 1.35. The minimum absolute atomic E-state index is 0.102. The van der Waals surface area contributed by atoms with E-state index in [4.69, 9.17) is 4.74 Å². The lowest BCUT2D eigenvalue weighted by molar-refractivity contribution is 0.0275. The minimum Gasteiger partial charge on any atom is -0.487 e. The molecule has 7 heteroatoms. The largest absolute Gasteiger partial charge is 0.487 e. The average Bonchev–Trinajstić information content (AvgIpc) is 3.11. The normalized spacial score (nSPS) is 19.5. The number of hydrogen-bond donors (Lipinski definition) is 0. The van der Waals surface area contributed by atoms with Crippen molar-refractivity contribution in [3.05, 3.63) is 65.7 Å². The minimum atomic E-state index is -0.952. The van der Waals surface area contributed by atoms with Crippen LogP contribution in [0.5, 0.6) is 5.75 Å². The Morgan fingerprint density at radius 2 is 1.85 bits per heavy atom. The summed E-state index contributed by atoms with van der Waals surface area (Å²) in [5.74, 6) is -1.61. The second-order valence-corrected chi connectivity index (χ2v) is 6.31. The van der Waals surface area contributed by atoms with Crippen LogP contribution in [0.4, 0.5) is 13.6 Å². The molecule has 0 N–H and O–H groups in total. The Hall–Kier alpha value is -2.96. The molecular weight excluding hydrogens is 340 g/mol. The van der Waals surface area contributed by atoms with Gasteiger partial charge in [-0.15, -0.1) is 0 Å². The summed E-state index contributed by atoms with van der Waals surface area (Å²) in [5, 5.41) is 5.70. The molecule has 2 aromatic rings. The van der Waals surface area contributed by atoms with Gasteiger partial charge in [0.05, 0.1) is 19.1 Å². The first-order valence-corrected chi connectivity index (χ1v) is 8.39. The van der Waals surface area contributed by atoms with Crippen molar-refractivity contribution >= 4 is 12.2 Å². The summed E-state index contributed by atoms with van der Waals surface area (Å²) in [4.78, 5) is 14.3. The van der Waals surface area contributed by atoms with E-state index >= 15 is 0 Å². The van der Waals surface area contributed by atoms with Crippen molar-refractivity contribution < 1.29 is 18.3 Å². The number of hydrazone groups is 1. The first-order chi connectivity index (χ1) is 12.6. The summed E-state index contributed by atoms with van der Waals surface area (Å²) in [6.45, 7) is 0.761. The van der Waals surface area contributed by atoms with E-state index in [0.717, 1.165) is 17.7 Å². The fourth-order valence-corrected chi connectivity index (χ4v) is 3.11. The maximum Gasteiger partial charge on any atom is 0.341 e. The van der Waals surface area contributed by atoms with Crippen LogP contribution in [0.2, 0.25) is 0 Å². The molecule has 1 saturated heterocycles. The van der Waals surface area contributed by atoms with Crippen LogP contribution in [0.1, 0.15) is 18.0 Å². The van der Waals surface area contributed by atoms with Crippen LogP contribution < -0.4 is 4.74 Å². The van der Waals surface area contributed by atoms with Crippen LogP contribution in [0, 0.1) is 11.6 Å². The third-order valence-electron chi connectivity index (χ3n) is 4.52. The van der Waals surface area contributed by atoms with E-state index in [0.29, 0.717) is 19.5 Å². The molecule has 2 amide bonds. The van der Waals surface area contributed by atoms with Crippen molar-refractivity contribution in [3.63, 3.8) is 0 Å². The molecule has 5 nitrogen and oxygen atoms in total. The van der Waals surface area contributed by atoms with Crippen LogP contribution >= 0.6 is 0 Å². The first-order valence-electron chi connectivity index (χ1n) is 8.39. The van der Waals surface area contributed by atoms with Crippen molar-refractivity contribution in [2.24, 2.45) is 5.10 Å². The van der Waals surface area contributed by atoms with Gasteiger partial charge in [0.2, 0.25) is 0 Å². The Labute approximate surface area is 149 Å². The molecule has 4 rings (SSSR count). The Morgan fingerprint density at radius 3 is 2.58 bits per heavy atom. The highest BCUT2D eigenvalue weighted by atomic mass is 19.2. The van der Waals surface area contributed by atoms with E-state index in [2.05, 4.69) is 5.10 Å². The molecule has 0 saturated carbocycles. The highest BCUT2D eigenvalue weighted by molar-refractivity contribution is 5.79. The average molecular weight is 357 g/mol. The van der Waals surface area contributed by atoms with E-state index < -0.39 is 11.6 Å². The second kappa shape index (κ2) is 6.74. The molecule has 1 unspecified atom stereocenters. The van der Waals surface area contributed by atoms with Gasteiger partial charge in [0.15, 0.2) is 11.6 Å². The third-order valence-corrected chi connectivity index (χ3v) is 4.52. The van der Waals surface area contributed by atoms with Crippen LogP contribution in [-0.4, -0.2) is 41.3 Å². The predicted molar refractivity (Wildman–Crippen MR) is 91.9 cm³/mol. The Kier molecular flexibility index (Phi) is 4.28. The van der Waals surface area contributed by atoms with Gasteiger partial charge in [-0.3, -0.25) is 0 Å². The topological polar surface area (TPSA) is 45.1 Å². The van der Waals surface area contributed by atoms with Gasteiger partial charge in [0.1, 0.15) is 11.9 Å². The molecule has 26 heavy (non-hydrogen) atoms. The Morgan fingerprint density at radius 1 is 1.08 bits per heavy atom. The molecule has 0 spiro atoms. The fourth-order valence-electron chi connectivity index (χ4n) is 3.11. The fraction of sp³-hybridized carbons (Fsp3) is 0.263. The number of amides is 2. The van der Waals surface area contributed by atoms with E-state index in [1.54, 1.807) is 11.1 Å². The van der Waals surface area contributed by atoms with Crippen molar-refractivity contribution in [3.8, 4) is 5.75 Å². The predicted octanol–water partition coefficient (Wildman–Crippen LogP) is 3.58. The van der Waals surface area contributed by atoms with E-state index in [9.17, 15) is 13.6 Å². The molecule has 1 fully saturated rings. The molecular formula is C19H17F2N3O2. The van der Waals surface area contributed by atoms with E-state index in [1.807, 2.05) is 30.3 Å². The zero-order chi connectivity index (χ0) is 18.1. The van der Waals surface area contributed by atoms with E-state index in [-0.39, 0.29) is 23.9 Å². The summed E-state index contributed by atoms with van der Waals surface area (Å²) in [6.07, 6.45) is 2.17. The highest BCUT2D eigenvalue weighted by Gasteiger charge is 2.38. The van der Waals surface area contributed by atoms with Gasteiger partial charge in [-0.05, 0) is 17.7 Å². The molecule has 2 aliphatic rings. The quantitative estimate of drug-likeness (QED) is 0.843. The number of halogens is 2. The number of rotatable bonds is 3. The van der Waals surface area contributed by atoms with Crippen molar-refractivity contribution in [2.75, 3.05) is 13.1 Å². The van der Waals surface area contributed by atoms with Crippen molar-refractivity contribution in [2.45, 2.75) is 18.6 Å². The molecule has 1 atom stereocenters. The lowest BCUT2D eigenvalue weighted by Crippen LogP contribution is -2.58. The molecule has 2 heterocycles. The maximum atomic E-state index is 13.2. The summed E-state index contributed by atoms with van der Waals surface area (Å²) < 4.78 is 31.8. The smallest absolute Gasteiger partial charge is 0.341 e. The lowest BCUT2D eigenvalue weighted by atomic mass is 10.0. The standard InChI is InChI=1S/C19H17F2N3O2/c20-16-7-6-14(10-17(16)21)26-15-11-23(12-15)19(25)24-18(8-9-22-24)13-4-2-1-3-5-13/h1-7,9-10,15,18H,8,11-12H2. The number of urea groups is 1. The van der Waals surface area contributed by atoms with Gasteiger partial charge < -0.3 is 9.64 Å². The van der Waals surface area contributed by atoms with Gasteiger partial charge in [0, 0.05) is 18.7 Å². The number of carbonyl (C=O) groups is 1. The zero-order valence-electron chi connectivity index (χ0n) is 13.9. The Bertz CT molecular complexity index is 838. The number of hydrogen-bond acceptors (Lipinski definition) is 3. The van der Waals surface area contributed by atoms with Crippen LogP contribution in [0.3, 0.4) is 0 Å². The van der Waals surface area contributed by atoms with Crippen LogP contribution in [-0.2, 0) is 0 Å². The van der Waals surface area contributed by atoms with Gasteiger partial charge in [-0.1, -0.05) is 30.3 Å². The summed E-state index contributed by atoms with van der Waals surface area (Å²) in [5.41, 5.74) is 1.04. The maximum absolute atomic E-state index is 13.2. The number of benzene rings is 2. The monoisotopic (exact) mass is 357 g/mol. The number of carbonyl (C=O) groups excluding carboxylic acids is 1. The summed E-state index contributed by atoms with van der Waals surface area (Å²) in [7, 11) is 0. The summed E-state index contributed by atoms with van der Waals surface area (Å²) in [6, 6.07) is 12.9. The molecule has 0 aliphatic carbocycles. The molecule has 2 aliphatic heterocycles. The molecule has 134 valence electrons. The SMILES string of the molecule is O=C(N1CC(Oc2ccc(F)c(F)c2)C1)N1N=CCC1c1ccccc1. The summed E-state index contributed by atoms with van der Waals surface area (Å²) >= 11 is 0. The molecule has 0 radical (unpaired) electrons. The number of likely N-dealkylation sites (tertiary alicyclic amines) is 1. The molecule has 0 aromatic heterocycles. The van der Waals surface area contributed by atoms with Crippen LogP contribution in [0.15, 0.2) is 53.6 Å². The first kappa shape index (κ1) is 16.5. The van der Waals surface area contributed by atoms with Gasteiger partial charge >= 0.3 is 6.03 Å². The van der Waals surface area contributed by atoms with Crippen molar-refractivity contribution in [1.29, 1.82) is 0 Å². The lowest BCUT2D eigenvalue weighted by Gasteiger charge is -2.41. The van der Waals surface area contributed by atoms with Crippen molar-refractivity contribution in [1.82, 2.24) is 9.91 Å². The second-order valence-electron chi connectivity index (χ2n) is 6.31. The number of ether oxygens (including phenoxy) is 1. The third kappa shape index (κ3) is 3.12.